The quantitative estimate of drug-likeness (QED) is 0.0628. The summed E-state index contributed by atoms with van der Waals surface area (Å²) in [7, 11) is 0.0845. The Morgan fingerprint density at radius 3 is 1.19 bits per heavy atom. The third kappa shape index (κ3) is 13.1. The van der Waals surface area contributed by atoms with Crippen molar-refractivity contribution < 1.29 is 40.1 Å². The van der Waals surface area contributed by atoms with E-state index in [4.69, 9.17) is 21.8 Å². The third-order valence-corrected chi connectivity index (χ3v) is 9.94. The molecule has 8 aromatic rings. The Bertz CT molecular complexity index is 2970. The Morgan fingerprint density at radius 2 is 0.841 bits per heavy atom. The van der Waals surface area contributed by atoms with Crippen LogP contribution in [0.25, 0.3) is 22.2 Å². The monoisotopic (exact) mass is 861 g/mol. The minimum absolute atomic E-state index is 0.443. The van der Waals surface area contributed by atoms with Gasteiger partial charge in [-0.05, 0) is 37.1 Å². The lowest BCUT2D eigenvalue weighted by molar-refractivity contribution is -0.697. The first-order chi connectivity index (χ1) is 30.5. The number of fused-ring (bicyclic) bond motifs is 2. The summed E-state index contributed by atoms with van der Waals surface area (Å²) in [6.07, 6.45) is 20.8. The molecule has 14 heteroatoms. The SMILES string of the molecule is CS(=O)(=O)[O-].C[n+]1ccc(C#Cc2cc[n+](CCCCn3/c(=N/N=c4\oc5ccccc5n4CCCC[n+]4ccc(C#Cc5cc[n+](C)cc5)cc4)oc4ccccc43)cc2)cc1. The van der Waals surface area contributed by atoms with E-state index in [0.717, 1.165) is 96.3 Å². The first kappa shape index (κ1) is 43.7. The highest BCUT2D eigenvalue weighted by Crippen LogP contribution is 2.15. The summed E-state index contributed by atoms with van der Waals surface area (Å²) in [5.74, 6) is 13.0. The first-order valence-corrected chi connectivity index (χ1v) is 22.4. The van der Waals surface area contributed by atoms with Gasteiger partial charge in [0, 0.05) is 103 Å². The van der Waals surface area contributed by atoms with Crippen LogP contribution in [0.3, 0.4) is 0 Å². The molecule has 0 bridgehead atoms. The molecule has 2 aromatic carbocycles. The fraction of sp³-hybridized carbons (Fsp3) is 0.224. The molecular weight excluding hydrogens is 813 g/mol. The molecule has 13 nitrogen and oxygen atoms in total. The van der Waals surface area contributed by atoms with Crippen LogP contribution in [0, 0.1) is 23.7 Å². The smallest absolute Gasteiger partial charge is 0.321 e. The normalized spacial score (nSPS) is 11.7. The van der Waals surface area contributed by atoms with Crippen molar-refractivity contribution in [3.63, 3.8) is 0 Å². The van der Waals surface area contributed by atoms with E-state index in [0.29, 0.717) is 17.6 Å². The number of oxazole rings is 2. The van der Waals surface area contributed by atoms with Gasteiger partial charge in [-0.2, -0.15) is 0 Å². The summed E-state index contributed by atoms with van der Waals surface area (Å²) in [4.78, 5) is 0. The molecule has 6 aromatic heterocycles. The van der Waals surface area contributed by atoms with Crippen molar-refractivity contribution in [3.8, 4) is 23.7 Å². The summed E-state index contributed by atoms with van der Waals surface area (Å²) in [6, 6.07) is 32.4. The summed E-state index contributed by atoms with van der Waals surface area (Å²) in [5, 5.41) is 9.31. The number of aromatic nitrogens is 6. The van der Waals surface area contributed by atoms with E-state index in [9.17, 15) is 0 Å². The number of unbranched alkanes of at least 4 members (excludes halogenated alkanes) is 2. The zero-order valence-electron chi connectivity index (χ0n) is 35.5. The van der Waals surface area contributed by atoms with Crippen LogP contribution in [0.15, 0.2) is 166 Å². The maximum absolute atomic E-state index is 9.08. The summed E-state index contributed by atoms with van der Waals surface area (Å²) >= 11 is 0. The second-order valence-electron chi connectivity index (χ2n) is 15.0. The molecule has 0 saturated heterocycles. The molecule has 0 atom stereocenters. The Kier molecular flexibility index (Phi) is 14.5. The van der Waals surface area contributed by atoms with Crippen molar-refractivity contribution in [2.24, 2.45) is 24.3 Å². The molecule has 318 valence electrons. The van der Waals surface area contributed by atoms with Crippen LogP contribution < -0.4 is 29.6 Å². The number of benzene rings is 2. The average molecular weight is 862 g/mol. The molecule has 0 N–H and O–H groups in total. The van der Waals surface area contributed by atoms with Gasteiger partial charge in [0.2, 0.25) is 0 Å². The van der Waals surface area contributed by atoms with E-state index in [1.54, 1.807) is 0 Å². The Hall–Kier alpha value is -7.39. The lowest BCUT2D eigenvalue weighted by Gasteiger charge is -2.03. The lowest BCUT2D eigenvalue weighted by Crippen LogP contribution is -2.32. The fourth-order valence-corrected chi connectivity index (χ4v) is 6.68. The van der Waals surface area contributed by atoms with Crippen molar-refractivity contribution in [3.05, 3.63) is 180 Å². The molecule has 6 heterocycles. The largest absolute Gasteiger partial charge is 0.748 e. The minimum Gasteiger partial charge on any atom is -0.748 e. The van der Waals surface area contributed by atoms with Gasteiger partial charge < -0.3 is 13.4 Å². The summed E-state index contributed by atoms with van der Waals surface area (Å²) in [5.41, 5.74) is 8.38. The number of rotatable bonds is 11. The minimum atomic E-state index is -3.92. The standard InChI is InChI=1S/C48H46N8O2.CH4O3S/c1-51-31-19-39(20-32-51)15-17-41-23-35-53(36-24-41)27-7-9-29-55-43-11-3-5-13-45(43)57-47(55)49-50-48-56(44-12-4-6-14-46(44)58-48)30-10-8-28-54-37-25-42(26-38-54)18-16-40-21-33-52(2)34-22-40;1-5(2,3)4/h3-6,11-14,19-26,31-38H,7-10,27-30H2,1-2H3;1H3,(H,2,3,4)/q+4;/p-1/b49-47-,50-48-;. The second-order valence-corrected chi connectivity index (χ2v) is 16.4. The number of aryl methyl sites for hydroxylation is 6. The summed E-state index contributed by atoms with van der Waals surface area (Å²) in [6.45, 7) is 3.26. The zero-order chi connectivity index (χ0) is 44.0. The van der Waals surface area contributed by atoms with Gasteiger partial charge in [-0.25, -0.2) is 26.7 Å². The van der Waals surface area contributed by atoms with Gasteiger partial charge in [-0.15, -0.1) is 0 Å². The first-order valence-electron chi connectivity index (χ1n) is 20.6. The van der Waals surface area contributed by atoms with Gasteiger partial charge in [0.1, 0.15) is 27.2 Å². The van der Waals surface area contributed by atoms with Crippen LogP contribution in [0.5, 0.6) is 0 Å². The Morgan fingerprint density at radius 1 is 0.524 bits per heavy atom. The van der Waals surface area contributed by atoms with E-state index in [-0.39, 0.29) is 0 Å². The molecule has 0 radical (unpaired) electrons. The Labute approximate surface area is 366 Å². The zero-order valence-corrected chi connectivity index (χ0v) is 36.4. The highest BCUT2D eigenvalue weighted by molar-refractivity contribution is 7.84. The van der Waals surface area contributed by atoms with Crippen molar-refractivity contribution in [2.45, 2.75) is 51.9 Å². The van der Waals surface area contributed by atoms with E-state index >= 15 is 0 Å². The fourth-order valence-electron chi connectivity index (χ4n) is 6.68. The van der Waals surface area contributed by atoms with Gasteiger partial charge in [0.15, 0.2) is 60.7 Å². The highest BCUT2D eigenvalue weighted by Gasteiger charge is 2.11. The number of hydrogen-bond donors (Lipinski definition) is 0. The van der Waals surface area contributed by atoms with Crippen LogP contribution in [0.4, 0.5) is 0 Å². The molecule has 0 aliphatic heterocycles. The number of pyridine rings is 4. The second kappa shape index (κ2) is 20.9. The molecule has 0 amide bonds. The number of nitrogens with zero attached hydrogens (tertiary/aromatic N) is 8. The molecule has 0 saturated carbocycles. The van der Waals surface area contributed by atoms with Gasteiger partial charge >= 0.3 is 11.4 Å². The Balaban J connectivity index is 0.00000113. The molecule has 8 rings (SSSR count). The molecule has 0 fully saturated rings. The van der Waals surface area contributed by atoms with E-state index in [2.05, 4.69) is 113 Å². The highest BCUT2D eigenvalue weighted by atomic mass is 32.2. The van der Waals surface area contributed by atoms with Crippen LogP contribution in [0.2, 0.25) is 0 Å². The van der Waals surface area contributed by atoms with E-state index in [1.165, 1.54) is 0 Å². The maximum atomic E-state index is 9.08. The van der Waals surface area contributed by atoms with Crippen LogP contribution >= 0.6 is 0 Å². The molecule has 0 aliphatic rings. The van der Waals surface area contributed by atoms with Gasteiger partial charge in [-0.3, -0.25) is 9.13 Å². The van der Waals surface area contributed by atoms with E-state index < -0.39 is 10.1 Å². The van der Waals surface area contributed by atoms with Crippen molar-refractivity contribution in [1.29, 1.82) is 0 Å². The predicted molar refractivity (Wildman–Crippen MR) is 234 cm³/mol. The molecule has 0 unspecified atom stereocenters. The van der Waals surface area contributed by atoms with Crippen molar-refractivity contribution in [2.75, 3.05) is 6.26 Å². The molecular formula is C49H49N8O5S+3. The van der Waals surface area contributed by atoms with Crippen LogP contribution in [0.1, 0.15) is 47.9 Å². The topological polar surface area (TPSA) is 134 Å². The average Bonchev–Trinajstić information content (AvgIpc) is 3.82. The number of hydrogen-bond acceptors (Lipinski definition) is 7. The van der Waals surface area contributed by atoms with Gasteiger partial charge in [0.25, 0.3) is 0 Å². The van der Waals surface area contributed by atoms with Crippen molar-refractivity contribution in [1.82, 2.24) is 9.13 Å². The maximum Gasteiger partial charge on any atom is 0.321 e. The van der Waals surface area contributed by atoms with Gasteiger partial charge in [0.05, 0.1) is 21.2 Å². The molecule has 0 aliphatic carbocycles. The molecule has 0 spiro atoms. The summed E-state index contributed by atoms with van der Waals surface area (Å²) < 4.78 is 52.3. The van der Waals surface area contributed by atoms with Crippen LogP contribution in [-0.2, 0) is 50.4 Å². The van der Waals surface area contributed by atoms with Crippen molar-refractivity contribution >= 4 is 32.3 Å². The lowest BCUT2D eigenvalue weighted by atomic mass is 10.2. The third-order valence-electron chi connectivity index (χ3n) is 9.94. The van der Waals surface area contributed by atoms with E-state index in [1.807, 2.05) is 109 Å². The number of para-hydroxylation sites is 4. The predicted octanol–water partition coefficient (Wildman–Crippen LogP) is 4.34. The van der Waals surface area contributed by atoms with Gasteiger partial charge in [-0.1, -0.05) is 58.2 Å². The molecule has 63 heavy (non-hydrogen) atoms. The van der Waals surface area contributed by atoms with Crippen LogP contribution in [-0.4, -0.2) is 28.4 Å².